The maximum absolute atomic E-state index is 12.9. The molecule has 152 valence electrons. The predicted molar refractivity (Wildman–Crippen MR) is 121 cm³/mol. The molecule has 0 spiro atoms. The number of aryl methyl sites for hydroxylation is 1. The molecule has 30 heavy (non-hydrogen) atoms. The summed E-state index contributed by atoms with van der Waals surface area (Å²) in [6.45, 7) is 2.74. The summed E-state index contributed by atoms with van der Waals surface area (Å²) >= 11 is 0. The van der Waals surface area contributed by atoms with Gasteiger partial charge >= 0.3 is 0 Å². The van der Waals surface area contributed by atoms with Crippen LogP contribution in [-0.4, -0.2) is 15.5 Å². The minimum atomic E-state index is 0.0625. The van der Waals surface area contributed by atoms with Crippen LogP contribution >= 0.6 is 0 Å². The molecule has 4 aromatic rings. The molecule has 2 heterocycles. The van der Waals surface area contributed by atoms with Crippen LogP contribution in [0.1, 0.15) is 41.9 Å². The molecule has 4 nitrogen and oxygen atoms in total. The van der Waals surface area contributed by atoms with Gasteiger partial charge in [0.1, 0.15) is 0 Å². The first-order valence-corrected chi connectivity index (χ1v) is 10.4. The number of aromatic nitrogens is 2. The van der Waals surface area contributed by atoms with E-state index in [4.69, 9.17) is 0 Å². The van der Waals surface area contributed by atoms with Crippen LogP contribution < -0.4 is 5.32 Å². The molecular formula is C26H27N3O. The molecule has 4 heteroatoms. The van der Waals surface area contributed by atoms with Crippen LogP contribution in [0.2, 0.25) is 0 Å². The van der Waals surface area contributed by atoms with E-state index in [0.717, 1.165) is 5.56 Å². The van der Waals surface area contributed by atoms with E-state index >= 15 is 0 Å². The normalized spacial score (nSPS) is 13.1. The Morgan fingerprint density at radius 1 is 1.00 bits per heavy atom. The molecule has 0 aliphatic rings. The summed E-state index contributed by atoms with van der Waals surface area (Å²) in [5.41, 5.74) is 4.71. The predicted octanol–water partition coefficient (Wildman–Crippen LogP) is 5.17. The number of carbonyl (C=O) groups excluding carboxylic acids is 1. The quantitative estimate of drug-likeness (QED) is 0.468. The highest BCUT2D eigenvalue weighted by Gasteiger charge is 2.26. The molecule has 2 aromatic carbocycles. The molecule has 0 unspecified atom stereocenters. The number of para-hydroxylation sites is 1. The van der Waals surface area contributed by atoms with Crippen LogP contribution in [0.3, 0.4) is 0 Å². The van der Waals surface area contributed by atoms with Crippen LogP contribution in [0, 0.1) is 0 Å². The molecular weight excluding hydrogens is 370 g/mol. The third-order valence-corrected chi connectivity index (χ3v) is 5.90. The molecule has 4 rings (SSSR count). The van der Waals surface area contributed by atoms with Gasteiger partial charge in [0.15, 0.2) is 0 Å². The Kier molecular flexibility index (Phi) is 5.94. The van der Waals surface area contributed by atoms with Crippen LogP contribution in [0.25, 0.3) is 10.9 Å². The van der Waals surface area contributed by atoms with Gasteiger partial charge < -0.3 is 9.88 Å². The Hall–Kier alpha value is -3.40. The molecule has 0 fully saturated rings. The van der Waals surface area contributed by atoms with E-state index in [2.05, 4.69) is 83.6 Å². The number of hydrogen-bond acceptors (Lipinski definition) is 2. The van der Waals surface area contributed by atoms with Crippen molar-refractivity contribution < 1.29 is 4.79 Å². The maximum atomic E-state index is 12.9. The van der Waals surface area contributed by atoms with Crippen LogP contribution in [0.15, 0.2) is 85.3 Å². The molecule has 0 bridgehead atoms. The number of carbonyl (C=O) groups is 1. The molecule has 0 saturated heterocycles. The Morgan fingerprint density at radius 2 is 1.70 bits per heavy atom. The molecule has 0 saturated carbocycles. The van der Waals surface area contributed by atoms with Gasteiger partial charge in [0.2, 0.25) is 5.91 Å². The largest absolute Gasteiger partial charge is 0.352 e. The summed E-state index contributed by atoms with van der Waals surface area (Å²) in [4.78, 5) is 17.0. The van der Waals surface area contributed by atoms with Crippen LogP contribution in [0.5, 0.6) is 0 Å². The molecule has 0 aliphatic heterocycles. The van der Waals surface area contributed by atoms with Crippen LogP contribution in [0.4, 0.5) is 0 Å². The van der Waals surface area contributed by atoms with Crippen molar-refractivity contribution in [2.45, 2.75) is 31.7 Å². The Bertz CT molecular complexity index is 1120. The van der Waals surface area contributed by atoms with Crippen molar-refractivity contribution in [3.8, 4) is 0 Å². The summed E-state index contributed by atoms with van der Waals surface area (Å²) in [5.74, 6) is 0.354. The summed E-state index contributed by atoms with van der Waals surface area (Å²) in [6.07, 6.45) is 6.12. The van der Waals surface area contributed by atoms with Gasteiger partial charge in [0, 0.05) is 55.4 Å². The number of hydrogen-bond donors (Lipinski definition) is 1. The lowest BCUT2D eigenvalue weighted by molar-refractivity contribution is -0.121. The minimum absolute atomic E-state index is 0.0625. The summed E-state index contributed by atoms with van der Waals surface area (Å²) < 4.78 is 2.16. The third-order valence-electron chi connectivity index (χ3n) is 5.90. The number of pyridine rings is 1. The fourth-order valence-corrected chi connectivity index (χ4v) is 4.19. The van der Waals surface area contributed by atoms with Crippen molar-refractivity contribution in [2.75, 3.05) is 0 Å². The van der Waals surface area contributed by atoms with E-state index < -0.39 is 0 Å². The fraction of sp³-hybridized carbons (Fsp3) is 0.231. The third kappa shape index (κ3) is 4.28. The number of nitrogens with one attached hydrogen (secondary N) is 1. The van der Waals surface area contributed by atoms with Crippen molar-refractivity contribution in [1.82, 2.24) is 14.9 Å². The monoisotopic (exact) mass is 397 g/mol. The smallest absolute Gasteiger partial charge is 0.220 e. The zero-order valence-corrected chi connectivity index (χ0v) is 17.5. The van der Waals surface area contributed by atoms with E-state index in [1.807, 2.05) is 18.2 Å². The first-order valence-electron chi connectivity index (χ1n) is 10.4. The molecule has 2 atom stereocenters. The Balaban J connectivity index is 1.62. The zero-order chi connectivity index (χ0) is 20.9. The van der Waals surface area contributed by atoms with E-state index in [-0.39, 0.29) is 17.7 Å². The number of nitrogens with zero attached hydrogens (tertiary/aromatic N) is 2. The molecule has 0 aliphatic carbocycles. The van der Waals surface area contributed by atoms with Gasteiger partial charge in [-0.25, -0.2) is 0 Å². The Labute approximate surface area is 177 Å². The van der Waals surface area contributed by atoms with Crippen molar-refractivity contribution >= 4 is 16.8 Å². The van der Waals surface area contributed by atoms with Crippen LogP contribution in [-0.2, 0) is 18.4 Å². The molecule has 2 aromatic heterocycles. The van der Waals surface area contributed by atoms with Gasteiger partial charge in [-0.05, 0) is 40.8 Å². The summed E-state index contributed by atoms with van der Waals surface area (Å²) in [7, 11) is 2.07. The van der Waals surface area contributed by atoms with E-state index in [1.165, 1.54) is 22.0 Å². The van der Waals surface area contributed by atoms with Gasteiger partial charge in [-0.15, -0.1) is 0 Å². The topological polar surface area (TPSA) is 46.9 Å². The second-order valence-corrected chi connectivity index (χ2v) is 7.85. The first-order chi connectivity index (χ1) is 14.6. The van der Waals surface area contributed by atoms with E-state index in [0.29, 0.717) is 13.0 Å². The lowest BCUT2D eigenvalue weighted by Crippen LogP contribution is -2.26. The van der Waals surface area contributed by atoms with Gasteiger partial charge in [-0.1, -0.05) is 55.5 Å². The maximum Gasteiger partial charge on any atom is 0.220 e. The van der Waals surface area contributed by atoms with Gasteiger partial charge in [-0.3, -0.25) is 9.78 Å². The lowest BCUT2D eigenvalue weighted by Gasteiger charge is -2.24. The highest BCUT2D eigenvalue weighted by molar-refractivity contribution is 5.86. The highest BCUT2D eigenvalue weighted by Crippen LogP contribution is 2.39. The van der Waals surface area contributed by atoms with Gasteiger partial charge in [-0.2, -0.15) is 0 Å². The molecule has 1 N–H and O–H groups in total. The standard InChI is InChI=1S/C26H27N3O/c1-19(21-8-4-3-5-9-21)23(16-26(30)28-17-20-12-14-27-15-13-20)24-18-29(2)25-11-7-6-10-22(24)25/h3-15,18-19,23H,16-17H2,1-2H3,(H,28,30)/t19-,23+/m1/s1. The van der Waals surface area contributed by atoms with Crippen molar-refractivity contribution in [3.63, 3.8) is 0 Å². The number of fused-ring (bicyclic) bond motifs is 1. The number of benzene rings is 2. The fourth-order valence-electron chi connectivity index (χ4n) is 4.19. The minimum Gasteiger partial charge on any atom is -0.352 e. The second-order valence-electron chi connectivity index (χ2n) is 7.85. The van der Waals surface area contributed by atoms with Crippen molar-refractivity contribution in [3.05, 3.63) is 102 Å². The highest BCUT2D eigenvalue weighted by atomic mass is 16.1. The SMILES string of the molecule is C[C@H](c1ccccc1)[C@H](CC(=O)NCc1ccncc1)c1cn(C)c2ccccc12. The lowest BCUT2D eigenvalue weighted by atomic mass is 9.80. The van der Waals surface area contributed by atoms with Crippen molar-refractivity contribution in [1.29, 1.82) is 0 Å². The van der Waals surface area contributed by atoms with Crippen molar-refractivity contribution in [2.24, 2.45) is 7.05 Å². The molecule has 0 radical (unpaired) electrons. The molecule has 1 amide bonds. The summed E-state index contributed by atoms with van der Waals surface area (Å²) in [6, 6.07) is 22.7. The first kappa shape index (κ1) is 19.9. The zero-order valence-electron chi connectivity index (χ0n) is 17.5. The van der Waals surface area contributed by atoms with Gasteiger partial charge in [0.05, 0.1) is 0 Å². The van der Waals surface area contributed by atoms with Gasteiger partial charge in [0.25, 0.3) is 0 Å². The number of rotatable bonds is 7. The second kappa shape index (κ2) is 8.95. The summed E-state index contributed by atoms with van der Waals surface area (Å²) in [5, 5.41) is 4.30. The average Bonchev–Trinajstić information content (AvgIpc) is 3.13. The number of amides is 1. The Morgan fingerprint density at radius 3 is 2.47 bits per heavy atom. The average molecular weight is 398 g/mol. The van der Waals surface area contributed by atoms with E-state index in [1.54, 1.807) is 12.4 Å². The van der Waals surface area contributed by atoms with E-state index in [9.17, 15) is 4.79 Å².